The number of halogens is 1. The molecule has 0 aliphatic heterocycles. The minimum Gasteiger partial charge on any atom is -0.361 e. The zero-order valence-corrected chi connectivity index (χ0v) is 12.8. The van der Waals surface area contributed by atoms with E-state index in [2.05, 4.69) is 34.6 Å². The van der Waals surface area contributed by atoms with Crippen LogP contribution in [0.25, 0.3) is 10.2 Å². The lowest BCUT2D eigenvalue weighted by molar-refractivity contribution is 1.02. The zero-order chi connectivity index (χ0) is 13.9. The first kappa shape index (κ1) is 13.4. The number of fused-ring (bicyclic) bond motifs is 1. The monoisotopic (exact) mass is 302 g/mol. The van der Waals surface area contributed by atoms with Crippen molar-refractivity contribution in [2.75, 3.05) is 11.9 Å². The summed E-state index contributed by atoms with van der Waals surface area (Å²) in [5, 5.41) is 5.13. The summed E-state index contributed by atoms with van der Waals surface area (Å²) in [6.07, 6.45) is 0.997. The smallest absolute Gasteiger partial charge is 0.183 e. The Morgan fingerprint density at radius 3 is 2.75 bits per heavy atom. The van der Waals surface area contributed by atoms with Crippen LogP contribution in [0, 0.1) is 6.92 Å². The number of benzene rings is 2. The molecule has 0 amide bonds. The van der Waals surface area contributed by atoms with E-state index in [0.29, 0.717) is 0 Å². The first-order chi connectivity index (χ1) is 9.74. The van der Waals surface area contributed by atoms with Crippen molar-refractivity contribution in [2.24, 2.45) is 0 Å². The van der Waals surface area contributed by atoms with Crippen molar-refractivity contribution in [3.05, 3.63) is 58.6 Å². The SMILES string of the molecule is Cc1c(Cl)ccc2sc(NCCc3ccccc3)nc12. The third kappa shape index (κ3) is 2.79. The number of aromatic nitrogens is 1. The van der Waals surface area contributed by atoms with E-state index >= 15 is 0 Å². The Hall–Kier alpha value is -1.58. The van der Waals surface area contributed by atoms with E-state index in [1.54, 1.807) is 11.3 Å². The van der Waals surface area contributed by atoms with Crippen LogP contribution >= 0.6 is 22.9 Å². The Morgan fingerprint density at radius 2 is 1.95 bits per heavy atom. The molecule has 0 fully saturated rings. The van der Waals surface area contributed by atoms with E-state index in [-0.39, 0.29) is 0 Å². The summed E-state index contributed by atoms with van der Waals surface area (Å²) in [6, 6.07) is 14.4. The first-order valence-corrected chi connectivity index (χ1v) is 7.77. The Morgan fingerprint density at radius 1 is 1.15 bits per heavy atom. The van der Waals surface area contributed by atoms with Gasteiger partial charge in [-0.2, -0.15) is 0 Å². The largest absolute Gasteiger partial charge is 0.361 e. The maximum Gasteiger partial charge on any atom is 0.183 e. The standard InChI is InChI=1S/C16H15ClN2S/c1-11-13(17)7-8-14-15(11)19-16(20-14)18-10-9-12-5-3-2-4-6-12/h2-8H,9-10H2,1H3,(H,18,19). The highest BCUT2D eigenvalue weighted by atomic mass is 35.5. The predicted molar refractivity (Wildman–Crippen MR) is 88.0 cm³/mol. The molecule has 3 rings (SSSR count). The molecular weight excluding hydrogens is 288 g/mol. The summed E-state index contributed by atoms with van der Waals surface area (Å²) >= 11 is 7.80. The van der Waals surface area contributed by atoms with Crippen molar-refractivity contribution >= 4 is 38.3 Å². The lowest BCUT2D eigenvalue weighted by Crippen LogP contribution is -2.04. The summed E-state index contributed by atoms with van der Waals surface area (Å²) in [4.78, 5) is 4.63. The zero-order valence-electron chi connectivity index (χ0n) is 11.2. The molecule has 0 bridgehead atoms. The van der Waals surface area contributed by atoms with E-state index < -0.39 is 0 Å². The Bertz CT molecular complexity index is 722. The number of hydrogen-bond donors (Lipinski definition) is 1. The molecule has 0 atom stereocenters. The second-order valence-corrected chi connectivity index (χ2v) is 6.14. The third-order valence-electron chi connectivity index (χ3n) is 3.28. The van der Waals surface area contributed by atoms with Gasteiger partial charge in [-0.1, -0.05) is 53.3 Å². The molecule has 0 aliphatic rings. The minimum absolute atomic E-state index is 0.777. The number of anilines is 1. The average molecular weight is 303 g/mol. The summed E-state index contributed by atoms with van der Waals surface area (Å²) < 4.78 is 1.18. The molecule has 0 saturated heterocycles. The lowest BCUT2D eigenvalue weighted by atomic mass is 10.1. The lowest BCUT2D eigenvalue weighted by Gasteiger charge is -2.02. The molecule has 0 unspecified atom stereocenters. The van der Waals surface area contributed by atoms with Crippen molar-refractivity contribution in [2.45, 2.75) is 13.3 Å². The number of rotatable bonds is 4. The molecule has 2 aromatic carbocycles. The average Bonchev–Trinajstić information content (AvgIpc) is 2.88. The first-order valence-electron chi connectivity index (χ1n) is 6.57. The molecule has 0 spiro atoms. The van der Waals surface area contributed by atoms with Gasteiger partial charge in [0, 0.05) is 11.6 Å². The molecule has 1 N–H and O–H groups in total. The van der Waals surface area contributed by atoms with Gasteiger partial charge in [0.25, 0.3) is 0 Å². The van der Waals surface area contributed by atoms with Crippen LogP contribution in [0.4, 0.5) is 5.13 Å². The van der Waals surface area contributed by atoms with E-state index in [1.165, 1.54) is 10.3 Å². The highest BCUT2D eigenvalue weighted by molar-refractivity contribution is 7.22. The Labute approximate surface area is 127 Å². The van der Waals surface area contributed by atoms with Crippen molar-refractivity contribution in [1.82, 2.24) is 4.98 Å². The fourth-order valence-corrected chi connectivity index (χ4v) is 3.24. The fourth-order valence-electron chi connectivity index (χ4n) is 2.13. The second kappa shape index (κ2) is 5.81. The summed E-state index contributed by atoms with van der Waals surface area (Å²) in [5.41, 5.74) is 3.39. The van der Waals surface area contributed by atoms with Gasteiger partial charge in [-0.15, -0.1) is 0 Å². The van der Waals surface area contributed by atoms with E-state index in [1.807, 2.05) is 25.1 Å². The minimum atomic E-state index is 0.777. The summed E-state index contributed by atoms with van der Waals surface area (Å²) in [7, 11) is 0. The van der Waals surface area contributed by atoms with Crippen LogP contribution in [0.1, 0.15) is 11.1 Å². The highest BCUT2D eigenvalue weighted by Gasteiger charge is 2.08. The third-order valence-corrected chi connectivity index (χ3v) is 4.67. The molecule has 0 saturated carbocycles. The van der Waals surface area contributed by atoms with Crippen molar-refractivity contribution < 1.29 is 0 Å². The van der Waals surface area contributed by atoms with Crippen molar-refractivity contribution in [1.29, 1.82) is 0 Å². The van der Waals surface area contributed by atoms with Gasteiger partial charge in [-0.3, -0.25) is 0 Å². The molecule has 20 heavy (non-hydrogen) atoms. The molecular formula is C16H15ClN2S. The number of thiazole rings is 1. The van der Waals surface area contributed by atoms with Crippen LogP contribution in [0.3, 0.4) is 0 Å². The molecule has 0 radical (unpaired) electrons. The topological polar surface area (TPSA) is 24.9 Å². The predicted octanol–water partition coefficient (Wildman–Crippen LogP) is 4.91. The molecule has 4 heteroatoms. The Balaban J connectivity index is 1.71. The van der Waals surface area contributed by atoms with Gasteiger partial charge in [-0.05, 0) is 36.6 Å². The molecule has 102 valence electrons. The number of hydrogen-bond acceptors (Lipinski definition) is 3. The maximum atomic E-state index is 6.13. The molecule has 1 heterocycles. The van der Waals surface area contributed by atoms with E-state index in [4.69, 9.17) is 11.6 Å². The quantitative estimate of drug-likeness (QED) is 0.740. The normalized spacial score (nSPS) is 10.9. The van der Waals surface area contributed by atoms with Crippen LogP contribution in [0.5, 0.6) is 0 Å². The maximum absolute atomic E-state index is 6.13. The Kier molecular flexibility index (Phi) is 3.90. The van der Waals surface area contributed by atoms with E-state index in [9.17, 15) is 0 Å². The van der Waals surface area contributed by atoms with Gasteiger partial charge < -0.3 is 5.32 Å². The van der Waals surface area contributed by atoms with Gasteiger partial charge >= 0.3 is 0 Å². The van der Waals surface area contributed by atoms with Gasteiger partial charge in [0.15, 0.2) is 5.13 Å². The van der Waals surface area contributed by atoms with Crippen LogP contribution in [0.2, 0.25) is 5.02 Å². The molecule has 3 aromatic rings. The number of nitrogens with zero attached hydrogens (tertiary/aromatic N) is 1. The highest BCUT2D eigenvalue weighted by Crippen LogP contribution is 2.31. The van der Waals surface area contributed by atoms with Gasteiger partial charge in [0.05, 0.1) is 10.2 Å². The van der Waals surface area contributed by atoms with Crippen LogP contribution in [-0.4, -0.2) is 11.5 Å². The molecule has 0 aliphatic carbocycles. The molecule has 2 nitrogen and oxygen atoms in total. The van der Waals surface area contributed by atoms with E-state index in [0.717, 1.165) is 34.2 Å². The van der Waals surface area contributed by atoms with Crippen LogP contribution in [0.15, 0.2) is 42.5 Å². The van der Waals surface area contributed by atoms with Crippen LogP contribution < -0.4 is 5.32 Å². The van der Waals surface area contributed by atoms with Gasteiger partial charge in [-0.25, -0.2) is 4.98 Å². The number of nitrogens with one attached hydrogen (secondary N) is 1. The van der Waals surface area contributed by atoms with Crippen molar-refractivity contribution in [3.8, 4) is 0 Å². The van der Waals surface area contributed by atoms with Crippen molar-refractivity contribution in [3.63, 3.8) is 0 Å². The number of aryl methyl sites for hydroxylation is 1. The summed E-state index contributed by atoms with van der Waals surface area (Å²) in [6.45, 7) is 2.90. The summed E-state index contributed by atoms with van der Waals surface area (Å²) in [5.74, 6) is 0. The van der Waals surface area contributed by atoms with Gasteiger partial charge in [0.2, 0.25) is 0 Å². The molecule has 1 aromatic heterocycles. The van der Waals surface area contributed by atoms with Gasteiger partial charge in [0.1, 0.15) is 0 Å². The second-order valence-electron chi connectivity index (χ2n) is 4.70. The van der Waals surface area contributed by atoms with Crippen LogP contribution in [-0.2, 0) is 6.42 Å². The fraction of sp³-hybridized carbons (Fsp3) is 0.188.